The highest BCUT2D eigenvalue weighted by Crippen LogP contribution is 2.28. The van der Waals surface area contributed by atoms with Crippen molar-refractivity contribution in [2.45, 2.75) is 6.61 Å². The van der Waals surface area contributed by atoms with E-state index in [4.69, 9.17) is 32.5 Å². The number of benzene rings is 1. The van der Waals surface area contributed by atoms with E-state index in [2.05, 4.69) is 15.1 Å². The molecule has 0 saturated heterocycles. The van der Waals surface area contributed by atoms with Crippen LogP contribution in [-0.2, 0) is 6.61 Å². The Hall–Kier alpha value is -2.31. The number of H-pyrrole nitrogens is 1. The van der Waals surface area contributed by atoms with Gasteiger partial charge >= 0.3 is 0 Å². The third-order valence-electron chi connectivity index (χ3n) is 2.77. The van der Waals surface area contributed by atoms with Gasteiger partial charge in [-0.2, -0.15) is 4.98 Å². The topological polar surface area (TPSA) is 81.0 Å². The summed E-state index contributed by atoms with van der Waals surface area (Å²) in [4.78, 5) is 18.3. The van der Waals surface area contributed by atoms with Crippen molar-refractivity contribution in [1.82, 2.24) is 15.1 Å². The number of pyridine rings is 1. The van der Waals surface area contributed by atoms with Gasteiger partial charge in [-0.15, -0.1) is 0 Å². The van der Waals surface area contributed by atoms with Gasteiger partial charge in [-0.3, -0.25) is 4.79 Å². The summed E-state index contributed by atoms with van der Waals surface area (Å²) in [5.74, 6) is 0.877. The summed E-state index contributed by atoms with van der Waals surface area (Å²) in [6.45, 7) is 0.0512. The van der Waals surface area contributed by atoms with Crippen LogP contribution in [0.3, 0.4) is 0 Å². The van der Waals surface area contributed by atoms with Crippen LogP contribution in [0.5, 0.6) is 5.75 Å². The fourth-order valence-electron chi connectivity index (χ4n) is 1.75. The van der Waals surface area contributed by atoms with Gasteiger partial charge in [0, 0.05) is 11.2 Å². The van der Waals surface area contributed by atoms with E-state index in [-0.39, 0.29) is 18.1 Å². The number of hydrogen-bond donors (Lipinski definition) is 1. The molecule has 0 atom stereocenters. The van der Waals surface area contributed by atoms with Gasteiger partial charge < -0.3 is 14.2 Å². The van der Waals surface area contributed by atoms with Gasteiger partial charge in [0.25, 0.3) is 11.4 Å². The molecule has 112 valence electrons. The lowest BCUT2D eigenvalue weighted by Crippen LogP contribution is -2.07. The minimum atomic E-state index is -0.306. The summed E-state index contributed by atoms with van der Waals surface area (Å²) in [5.41, 5.74) is -0.00913. The molecule has 8 heteroatoms. The lowest BCUT2D eigenvalue weighted by molar-refractivity contribution is 0.287. The second kappa shape index (κ2) is 6.21. The Morgan fingerprint density at radius 3 is 2.91 bits per heavy atom. The van der Waals surface area contributed by atoms with E-state index in [1.54, 1.807) is 30.3 Å². The van der Waals surface area contributed by atoms with Gasteiger partial charge in [-0.05, 0) is 30.3 Å². The molecule has 0 unspecified atom stereocenters. The van der Waals surface area contributed by atoms with Crippen LogP contribution in [0, 0.1) is 0 Å². The third kappa shape index (κ3) is 3.13. The molecule has 22 heavy (non-hydrogen) atoms. The van der Waals surface area contributed by atoms with Crippen molar-refractivity contribution >= 4 is 23.2 Å². The first-order chi connectivity index (χ1) is 10.6. The van der Waals surface area contributed by atoms with Crippen molar-refractivity contribution in [1.29, 1.82) is 0 Å². The minimum Gasteiger partial charge on any atom is -0.484 e. The normalized spacial score (nSPS) is 10.6. The van der Waals surface area contributed by atoms with E-state index < -0.39 is 0 Å². The van der Waals surface area contributed by atoms with E-state index in [0.717, 1.165) is 0 Å². The number of nitrogens with one attached hydrogen (secondary N) is 1. The van der Waals surface area contributed by atoms with E-state index >= 15 is 0 Å². The number of rotatable bonds is 4. The van der Waals surface area contributed by atoms with E-state index in [1.807, 2.05) is 0 Å². The van der Waals surface area contributed by atoms with Crippen molar-refractivity contribution in [2.24, 2.45) is 0 Å². The molecule has 0 bridgehead atoms. The first kappa shape index (κ1) is 14.6. The molecule has 2 aromatic heterocycles. The highest BCUT2D eigenvalue weighted by Gasteiger charge is 2.12. The van der Waals surface area contributed by atoms with Crippen LogP contribution in [-0.4, -0.2) is 15.1 Å². The van der Waals surface area contributed by atoms with E-state index in [9.17, 15) is 4.79 Å². The summed E-state index contributed by atoms with van der Waals surface area (Å²) in [6, 6.07) is 8.14. The molecule has 3 aromatic rings. The van der Waals surface area contributed by atoms with Crippen molar-refractivity contribution in [3.63, 3.8) is 0 Å². The van der Waals surface area contributed by atoms with Gasteiger partial charge in [-0.1, -0.05) is 28.4 Å². The molecule has 3 rings (SSSR count). The molecule has 0 radical (unpaired) electrons. The first-order valence-corrected chi connectivity index (χ1v) is 6.97. The Bertz CT molecular complexity index is 860. The number of nitrogens with zero attached hydrogens (tertiary/aromatic N) is 2. The summed E-state index contributed by atoms with van der Waals surface area (Å²) in [7, 11) is 0. The predicted molar refractivity (Wildman–Crippen MR) is 81.1 cm³/mol. The van der Waals surface area contributed by atoms with Crippen LogP contribution >= 0.6 is 23.2 Å². The molecular formula is C14H9Cl2N3O3. The Morgan fingerprint density at radius 1 is 1.27 bits per heavy atom. The Balaban J connectivity index is 1.75. The van der Waals surface area contributed by atoms with Gasteiger partial charge in [0.1, 0.15) is 11.3 Å². The van der Waals surface area contributed by atoms with Gasteiger partial charge in [0.05, 0.1) is 5.02 Å². The number of aromatic nitrogens is 3. The van der Waals surface area contributed by atoms with Crippen molar-refractivity contribution in [3.8, 4) is 17.2 Å². The largest absolute Gasteiger partial charge is 0.484 e. The van der Waals surface area contributed by atoms with Gasteiger partial charge in [0.2, 0.25) is 5.82 Å². The second-order valence-electron chi connectivity index (χ2n) is 4.29. The van der Waals surface area contributed by atoms with Gasteiger partial charge in [0.15, 0.2) is 6.61 Å². The molecule has 6 nitrogen and oxygen atoms in total. The zero-order chi connectivity index (χ0) is 15.5. The summed E-state index contributed by atoms with van der Waals surface area (Å²) >= 11 is 11.8. The number of halogens is 2. The van der Waals surface area contributed by atoms with Crippen molar-refractivity contribution in [3.05, 3.63) is 62.8 Å². The fourth-order valence-corrected chi connectivity index (χ4v) is 2.21. The average Bonchev–Trinajstić information content (AvgIpc) is 2.95. The highest BCUT2D eigenvalue weighted by molar-refractivity contribution is 6.35. The van der Waals surface area contributed by atoms with E-state index in [1.165, 1.54) is 6.20 Å². The lowest BCUT2D eigenvalue weighted by Gasteiger charge is -2.05. The van der Waals surface area contributed by atoms with Crippen LogP contribution in [0.4, 0.5) is 0 Å². The second-order valence-corrected chi connectivity index (χ2v) is 5.14. The molecule has 1 N–H and O–H groups in total. The van der Waals surface area contributed by atoms with Crippen LogP contribution in [0.15, 0.2) is 45.8 Å². The van der Waals surface area contributed by atoms with Crippen LogP contribution in [0.1, 0.15) is 5.82 Å². The molecular weight excluding hydrogens is 329 g/mol. The maximum atomic E-state index is 11.6. The zero-order valence-electron chi connectivity index (χ0n) is 11.0. The van der Waals surface area contributed by atoms with E-state index in [0.29, 0.717) is 27.2 Å². The van der Waals surface area contributed by atoms with Crippen LogP contribution < -0.4 is 10.3 Å². The Morgan fingerprint density at radius 2 is 2.14 bits per heavy atom. The molecule has 0 spiro atoms. The number of aromatic amines is 1. The Kier molecular flexibility index (Phi) is 4.13. The minimum absolute atomic E-state index is 0.0512. The smallest absolute Gasteiger partial charge is 0.263 e. The van der Waals surface area contributed by atoms with Crippen LogP contribution in [0.25, 0.3) is 11.5 Å². The number of ether oxygens (including phenoxy) is 1. The molecule has 0 aliphatic rings. The molecule has 0 saturated carbocycles. The quantitative estimate of drug-likeness (QED) is 0.789. The summed E-state index contributed by atoms with van der Waals surface area (Å²) < 4.78 is 10.5. The Labute approximate surface area is 134 Å². The van der Waals surface area contributed by atoms with Crippen LogP contribution in [0.2, 0.25) is 10.0 Å². The average molecular weight is 338 g/mol. The highest BCUT2D eigenvalue weighted by atomic mass is 35.5. The predicted octanol–water partition coefficient (Wildman–Crippen LogP) is 3.31. The van der Waals surface area contributed by atoms with Gasteiger partial charge in [-0.25, -0.2) is 0 Å². The van der Waals surface area contributed by atoms with Crippen molar-refractivity contribution in [2.75, 3.05) is 0 Å². The third-order valence-corrected chi connectivity index (χ3v) is 3.30. The lowest BCUT2D eigenvalue weighted by atomic mass is 10.3. The maximum Gasteiger partial charge on any atom is 0.263 e. The first-order valence-electron chi connectivity index (χ1n) is 6.22. The molecule has 0 fully saturated rings. The SMILES string of the molecule is O=c1[nH]cccc1-c1nc(COc2ccc(Cl)cc2Cl)no1. The summed E-state index contributed by atoms with van der Waals surface area (Å²) in [5, 5.41) is 4.66. The molecule has 0 amide bonds. The van der Waals surface area contributed by atoms with Crippen molar-refractivity contribution < 1.29 is 9.26 Å². The monoisotopic (exact) mass is 337 g/mol. The maximum absolute atomic E-state index is 11.6. The standard InChI is InChI=1S/C14H9Cl2N3O3/c15-8-3-4-11(10(16)6-8)21-7-12-18-14(22-19-12)9-2-1-5-17-13(9)20/h1-6H,7H2,(H,17,20). The zero-order valence-corrected chi connectivity index (χ0v) is 12.6. The molecule has 1 aromatic carbocycles. The molecule has 2 heterocycles. The molecule has 0 aliphatic heterocycles. The fraction of sp³-hybridized carbons (Fsp3) is 0.0714. The molecule has 0 aliphatic carbocycles. The summed E-state index contributed by atoms with van der Waals surface area (Å²) in [6.07, 6.45) is 1.52. The number of hydrogen-bond acceptors (Lipinski definition) is 5.